The van der Waals surface area contributed by atoms with Crippen molar-refractivity contribution in [1.82, 2.24) is 20.1 Å². The van der Waals surface area contributed by atoms with Gasteiger partial charge in [0.1, 0.15) is 6.54 Å². The molecule has 0 saturated carbocycles. The zero-order chi connectivity index (χ0) is 16.3. The maximum absolute atomic E-state index is 12.2. The van der Waals surface area contributed by atoms with Gasteiger partial charge in [-0.25, -0.2) is 0 Å². The number of rotatable bonds is 5. The Kier molecular flexibility index (Phi) is 5.37. The molecule has 0 bridgehead atoms. The maximum Gasteiger partial charge on any atom is 0.240 e. The second kappa shape index (κ2) is 7.07. The molecule has 2 aromatic rings. The first-order chi connectivity index (χ1) is 10.4. The molecule has 0 aliphatic carbocycles. The third-order valence-corrected chi connectivity index (χ3v) is 4.11. The number of nitrogens with zero attached hydrogens (tertiary/aromatic N) is 2. The van der Waals surface area contributed by atoms with Crippen molar-refractivity contribution in [2.45, 2.75) is 33.4 Å². The van der Waals surface area contributed by atoms with Crippen LogP contribution in [0.25, 0.3) is 11.4 Å². The van der Waals surface area contributed by atoms with Crippen molar-refractivity contribution in [2.24, 2.45) is 5.92 Å². The first-order valence-electron chi connectivity index (χ1n) is 7.09. The van der Waals surface area contributed by atoms with Gasteiger partial charge >= 0.3 is 0 Å². The van der Waals surface area contributed by atoms with E-state index in [0.29, 0.717) is 21.5 Å². The van der Waals surface area contributed by atoms with Crippen LogP contribution in [-0.4, -0.2) is 26.7 Å². The minimum absolute atomic E-state index is 0.0890. The van der Waals surface area contributed by atoms with Crippen LogP contribution in [0.4, 0.5) is 0 Å². The highest BCUT2D eigenvalue weighted by atomic mass is 35.5. The smallest absolute Gasteiger partial charge is 0.240 e. The van der Waals surface area contributed by atoms with Gasteiger partial charge in [0.2, 0.25) is 5.91 Å². The largest absolute Gasteiger partial charge is 0.352 e. The summed E-state index contributed by atoms with van der Waals surface area (Å²) in [6.45, 7) is 6.24. The van der Waals surface area contributed by atoms with E-state index in [1.54, 1.807) is 16.7 Å². The molecule has 7 heteroatoms. The molecule has 0 aliphatic rings. The Labute approximate surface area is 139 Å². The number of amides is 1. The lowest BCUT2D eigenvalue weighted by molar-refractivity contribution is -0.122. The number of carbonyl (C=O) groups is 1. The lowest BCUT2D eigenvalue weighted by atomic mass is 10.1. The lowest BCUT2D eigenvalue weighted by Gasteiger charge is -2.17. The van der Waals surface area contributed by atoms with Crippen LogP contribution in [0.2, 0.25) is 5.02 Å². The van der Waals surface area contributed by atoms with Crippen LogP contribution < -0.4 is 5.32 Å². The van der Waals surface area contributed by atoms with Gasteiger partial charge in [0.05, 0.1) is 0 Å². The zero-order valence-electron chi connectivity index (χ0n) is 12.8. The third-order valence-electron chi connectivity index (χ3n) is 3.55. The molecule has 2 rings (SSSR count). The quantitative estimate of drug-likeness (QED) is 0.821. The number of hydrogen-bond acceptors (Lipinski definition) is 3. The summed E-state index contributed by atoms with van der Waals surface area (Å²) in [5.74, 6) is 0.903. The second-order valence-corrected chi connectivity index (χ2v) is 6.37. The molecule has 0 radical (unpaired) electrons. The van der Waals surface area contributed by atoms with Gasteiger partial charge in [-0.05, 0) is 49.3 Å². The summed E-state index contributed by atoms with van der Waals surface area (Å²) in [5.41, 5.74) is 0.849. The molecular formula is C15H19ClN4OS. The number of H-pyrrole nitrogens is 1. The van der Waals surface area contributed by atoms with E-state index in [1.165, 1.54) is 0 Å². The molecule has 22 heavy (non-hydrogen) atoms. The second-order valence-electron chi connectivity index (χ2n) is 5.55. The number of aromatic nitrogens is 3. The lowest BCUT2D eigenvalue weighted by Crippen LogP contribution is -2.38. The average Bonchev–Trinajstić information content (AvgIpc) is 2.81. The van der Waals surface area contributed by atoms with Crippen LogP contribution in [0.1, 0.15) is 20.8 Å². The summed E-state index contributed by atoms with van der Waals surface area (Å²) in [5, 5.41) is 10.6. The Morgan fingerprint density at radius 1 is 1.36 bits per heavy atom. The Morgan fingerprint density at radius 2 is 2.00 bits per heavy atom. The van der Waals surface area contributed by atoms with Gasteiger partial charge in [-0.1, -0.05) is 25.4 Å². The van der Waals surface area contributed by atoms with E-state index in [4.69, 9.17) is 23.8 Å². The summed E-state index contributed by atoms with van der Waals surface area (Å²) < 4.78 is 2.10. The highest BCUT2D eigenvalue weighted by Gasteiger charge is 2.15. The van der Waals surface area contributed by atoms with Gasteiger partial charge in [0, 0.05) is 16.6 Å². The fourth-order valence-electron chi connectivity index (χ4n) is 1.89. The van der Waals surface area contributed by atoms with Crippen LogP contribution in [0.3, 0.4) is 0 Å². The van der Waals surface area contributed by atoms with Crippen LogP contribution in [-0.2, 0) is 11.3 Å². The summed E-state index contributed by atoms with van der Waals surface area (Å²) in [4.78, 5) is 12.2. The van der Waals surface area contributed by atoms with Gasteiger partial charge in [-0.15, -0.1) is 0 Å². The van der Waals surface area contributed by atoms with Crippen molar-refractivity contribution < 1.29 is 4.79 Å². The van der Waals surface area contributed by atoms with Crippen LogP contribution in [0, 0.1) is 10.7 Å². The number of nitrogens with one attached hydrogen (secondary N) is 2. The van der Waals surface area contributed by atoms with Crippen LogP contribution in [0.5, 0.6) is 0 Å². The molecule has 0 fully saturated rings. The first kappa shape index (κ1) is 16.7. The summed E-state index contributed by atoms with van der Waals surface area (Å²) in [6.07, 6.45) is 0. The van der Waals surface area contributed by atoms with E-state index in [2.05, 4.69) is 29.4 Å². The van der Waals surface area contributed by atoms with Gasteiger partial charge in [-0.2, -0.15) is 5.10 Å². The summed E-state index contributed by atoms with van der Waals surface area (Å²) >= 11 is 11.1. The molecule has 1 aromatic carbocycles. The molecule has 0 spiro atoms. The Hall–Kier alpha value is -1.66. The Bertz CT molecular complexity index is 705. The molecule has 5 nitrogen and oxygen atoms in total. The van der Waals surface area contributed by atoms with Crippen LogP contribution in [0.15, 0.2) is 24.3 Å². The summed E-state index contributed by atoms with van der Waals surface area (Å²) in [7, 11) is 0. The van der Waals surface area contributed by atoms with Crippen molar-refractivity contribution in [2.75, 3.05) is 0 Å². The molecule has 1 heterocycles. The average molecular weight is 339 g/mol. The molecule has 1 aromatic heterocycles. The van der Waals surface area contributed by atoms with E-state index in [9.17, 15) is 4.79 Å². The van der Waals surface area contributed by atoms with E-state index >= 15 is 0 Å². The van der Waals surface area contributed by atoms with Gasteiger partial charge in [-0.3, -0.25) is 14.5 Å². The predicted molar refractivity (Wildman–Crippen MR) is 90.3 cm³/mol. The van der Waals surface area contributed by atoms with Crippen molar-refractivity contribution in [3.63, 3.8) is 0 Å². The third kappa shape index (κ3) is 3.96. The molecule has 2 N–H and O–H groups in total. The molecule has 1 atom stereocenters. The highest BCUT2D eigenvalue weighted by molar-refractivity contribution is 7.71. The molecule has 118 valence electrons. The summed E-state index contributed by atoms with van der Waals surface area (Å²) in [6, 6.07) is 7.35. The van der Waals surface area contributed by atoms with Gasteiger partial charge in [0.25, 0.3) is 0 Å². The molecule has 0 saturated heterocycles. The van der Waals surface area contributed by atoms with Crippen molar-refractivity contribution in [3.05, 3.63) is 34.1 Å². The van der Waals surface area contributed by atoms with Crippen molar-refractivity contribution >= 4 is 29.7 Å². The number of hydrogen-bond donors (Lipinski definition) is 2. The van der Waals surface area contributed by atoms with E-state index in [-0.39, 0.29) is 18.5 Å². The predicted octanol–water partition coefficient (Wildman–Crippen LogP) is 3.42. The van der Waals surface area contributed by atoms with E-state index in [1.807, 2.05) is 19.1 Å². The molecule has 1 unspecified atom stereocenters. The SMILES string of the molecule is CC(C)C(C)NC(=O)Cn1c(-c2ccc(Cl)cc2)n[nH]c1=S. The molecule has 1 amide bonds. The van der Waals surface area contributed by atoms with Crippen molar-refractivity contribution in [3.8, 4) is 11.4 Å². The number of aromatic amines is 1. The minimum Gasteiger partial charge on any atom is -0.352 e. The minimum atomic E-state index is -0.0890. The number of carbonyl (C=O) groups excluding carboxylic acids is 1. The monoisotopic (exact) mass is 338 g/mol. The van der Waals surface area contributed by atoms with Crippen molar-refractivity contribution in [1.29, 1.82) is 0 Å². The maximum atomic E-state index is 12.2. The topological polar surface area (TPSA) is 62.7 Å². The van der Waals surface area contributed by atoms with E-state index < -0.39 is 0 Å². The molecule has 0 aliphatic heterocycles. The fourth-order valence-corrected chi connectivity index (χ4v) is 2.22. The Balaban J connectivity index is 2.21. The van der Waals surface area contributed by atoms with Crippen LogP contribution >= 0.6 is 23.8 Å². The normalized spacial score (nSPS) is 12.4. The first-order valence-corrected chi connectivity index (χ1v) is 7.87. The molecular weight excluding hydrogens is 320 g/mol. The van der Waals surface area contributed by atoms with Gasteiger partial charge in [0.15, 0.2) is 10.6 Å². The highest BCUT2D eigenvalue weighted by Crippen LogP contribution is 2.19. The van der Waals surface area contributed by atoms with Gasteiger partial charge < -0.3 is 5.32 Å². The standard InChI is InChI=1S/C15H19ClN4OS/c1-9(2)10(3)17-13(21)8-20-14(18-19-15(20)22)11-4-6-12(16)7-5-11/h4-7,9-10H,8H2,1-3H3,(H,17,21)(H,19,22). The Morgan fingerprint density at radius 3 is 2.59 bits per heavy atom. The number of halogens is 1. The van der Waals surface area contributed by atoms with E-state index in [0.717, 1.165) is 5.56 Å². The zero-order valence-corrected chi connectivity index (χ0v) is 14.3. The number of benzene rings is 1. The fraction of sp³-hybridized carbons (Fsp3) is 0.400.